The van der Waals surface area contributed by atoms with Gasteiger partial charge < -0.3 is 10.6 Å². The summed E-state index contributed by atoms with van der Waals surface area (Å²) in [6.07, 6.45) is 1.52. The van der Waals surface area contributed by atoms with Crippen LogP contribution in [-0.2, 0) is 4.79 Å². The molecule has 2 heterocycles. The van der Waals surface area contributed by atoms with Crippen molar-refractivity contribution in [3.8, 4) is 0 Å². The molecule has 2 unspecified atom stereocenters. The summed E-state index contributed by atoms with van der Waals surface area (Å²) >= 11 is 1.06. The van der Waals surface area contributed by atoms with Crippen LogP contribution in [0, 0.1) is 12.8 Å². The molecule has 0 aliphatic carbocycles. The molecule has 0 bridgehead atoms. The van der Waals surface area contributed by atoms with Crippen LogP contribution in [0.15, 0.2) is 0 Å². The Labute approximate surface area is 109 Å². The zero-order valence-electron chi connectivity index (χ0n) is 10.4. The summed E-state index contributed by atoms with van der Waals surface area (Å²) in [6.45, 7) is 4.37. The molecular formula is C11H16N4O2S. The molecule has 2 rings (SSSR count). The van der Waals surface area contributed by atoms with Crippen LogP contribution in [0.5, 0.6) is 0 Å². The van der Waals surface area contributed by atoms with Crippen molar-refractivity contribution in [1.82, 2.24) is 14.5 Å². The smallest absolute Gasteiger partial charge is 0.268 e. The lowest BCUT2D eigenvalue weighted by atomic mass is 9.92. The predicted octanol–water partition coefficient (Wildman–Crippen LogP) is 0.573. The maximum atomic E-state index is 12.4. The molecule has 1 aliphatic heterocycles. The molecule has 1 aromatic rings. The number of primary amides is 1. The van der Waals surface area contributed by atoms with Gasteiger partial charge in [0, 0.05) is 6.54 Å². The minimum atomic E-state index is -0.511. The van der Waals surface area contributed by atoms with Crippen LogP contribution in [0.2, 0.25) is 0 Å². The van der Waals surface area contributed by atoms with E-state index in [2.05, 4.69) is 16.5 Å². The van der Waals surface area contributed by atoms with Gasteiger partial charge in [-0.2, -0.15) is 0 Å². The first-order valence-electron chi connectivity index (χ1n) is 5.90. The van der Waals surface area contributed by atoms with Crippen LogP contribution in [0.4, 0.5) is 0 Å². The Hall–Kier alpha value is -1.50. The van der Waals surface area contributed by atoms with Gasteiger partial charge in [-0.15, -0.1) is 5.10 Å². The number of piperidine rings is 1. The van der Waals surface area contributed by atoms with Gasteiger partial charge in [0.1, 0.15) is 10.9 Å². The number of likely N-dealkylation sites (tertiary alicyclic amines) is 1. The number of nitrogens with zero attached hydrogens (tertiary/aromatic N) is 3. The predicted molar refractivity (Wildman–Crippen MR) is 67.1 cm³/mol. The molecule has 1 aromatic heterocycles. The van der Waals surface area contributed by atoms with Crippen molar-refractivity contribution in [2.75, 3.05) is 6.54 Å². The van der Waals surface area contributed by atoms with Gasteiger partial charge in [0.15, 0.2) is 0 Å². The quantitative estimate of drug-likeness (QED) is 0.849. The van der Waals surface area contributed by atoms with E-state index in [1.165, 1.54) is 0 Å². The Morgan fingerprint density at radius 2 is 2.22 bits per heavy atom. The SMILES string of the molecule is Cc1nnsc1C(=O)N1CCC(C)CC1C(N)=O. The van der Waals surface area contributed by atoms with E-state index in [1.54, 1.807) is 11.8 Å². The molecule has 2 atom stereocenters. The van der Waals surface area contributed by atoms with Gasteiger partial charge in [0.2, 0.25) is 5.91 Å². The molecule has 7 heteroatoms. The van der Waals surface area contributed by atoms with Crippen molar-refractivity contribution in [3.63, 3.8) is 0 Å². The topological polar surface area (TPSA) is 89.2 Å². The second kappa shape index (κ2) is 5.01. The van der Waals surface area contributed by atoms with Crippen molar-refractivity contribution in [1.29, 1.82) is 0 Å². The third-order valence-electron chi connectivity index (χ3n) is 3.30. The van der Waals surface area contributed by atoms with E-state index in [1.807, 2.05) is 0 Å². The molecule has 0 spiro atoms. The summed E-state index contributed by atoms with van der Waals surface area (Å²) in [5.74, 6) is -0.213. The fourth-order valence-electron chi connectivity index (χ4n) is 2.21. The lowest BCUT2D eigenvalue weighted by Crippen LogP contribution is -2.52. The first-order valence-corrected chi connectivity index (χ1v) is 6.67. The van der Waals surface area contributed by atoms with Crippen molar-refractivity contribution in [2.45, 2.75) is 32.7 Å². The van der Waals surface area contributed by atoms with Gasteiger partial charge in [-0.1, -0.05) is 11.4 Å². The van der Waals surface area contributed by atoms with E-state index < -0.39 is 11.9 Å². The number of rotatable bonds is 2. The zero-order valence-corrected chi connectivity index (χ0v) is 11.2. The number of aryl methyl sites for hydroxylation is 1. The highest BCUT2D eigenvalue weighted by molar-refractivity contribution is 7.07. The van der Waals surface area contributed by atoms with Gasteiger partial charge in [0.25, 0.3) is 5.91 Å². The van der Waals surface area contributed by atoms with Gasteiger partial charge in [-0.3, -0.25) is 9.59 Å². The third-order valence-corrected chi connectivity index (χ3v) is 4.12. The first-order chi connectivity index (χ1) is 8.50. The Morgan fingerprint density at radius 3 is 2.78 bits per heavy atom. The molecule has 1 saturated heterocycles. The minimum absolute atomic E-state index is 0.182. The average molecular weight is 268 g/mol. The Kier molecular flexibility index (Phi) is 3.60. The second-order valence-corrected chi connectivity index (χ2v) is 5.49. The van der Waals surface area contributed by atoms with E-state index in [-0.39, 0.29) is 5.91 Å². The standard InChI is InChI=1S/C11H16N4O2S/c1-6-3-4-15(8(5-6)10(12)16)11(17)9-7(2)13-14-18-9/h6,8H,3-5H2,1-2H3,(H2,12,16). The molecule has 1 aliphatic rings. The van der Waals surface area contributed by atoms with Gasteiger partial charge in [-0.05, 0) is 37.2 Å². The number of hydrogen-bond donors (Lipinski definition) is 1. The van der Waals surface area contributed by atoms with Crippen molar-refractivity contribution >= 4 is 23.3 Å². The number of hydrogen-bond acceptors (Lipinski definition) is 5. The highest BCUT2D eigenvalue weighted by Crippen LogP contribution is 2.25. The van der Waals surface area contributed by atoms with Crippen LogP contribution < -0.4 is 5.73 Å². The van der Waals surface area contributed by atoms with Crippen LogP contribution in [0.25, 0.3) is 0 Å². The van der Waals surface area contributed by atoms with Gasteiger partial charge in [-0.25, -0.2) is 0 Å². The normalized spacial score (nSPS) is 24.0. The van der Waals surface area contributed by atoms with E-state index in [0.29, 0.717) is 29.5 Å². The molecule has 18 heavy (non-hydrogen) atoms. The van der Waals surface area contributed by atoms with Crippen LogP contribution >= 0.6 is 11.5 Å². The molecular weight excluding hydrogens is 252 g/mol. The van der Waals surface area contributed by atoms with E-state index >= 15 is 0 Å². The molecule has 0 radical (unpaired) electrons. The molecule has 98 valence electrons. The highest BCUT2D eigenvalue weighted by Gasteiger charge is 2.35. The number of nitrogens with two attached hydrogens (primary N) is 1. The monoisotopic (exact) mass is 268 g/mol. The first kappa shape index (κ1) is 12.9. The van der Waals surface area contributed by atoms with Crippen molar-refractivity contribution in [2.24, 2.45) is 11.7 Å². The fraction of sp³-hybridized carbons (Fsp3) is 0.636. The largest absolute Gasteiger partial charge is 0.368 e. The number of carbonyl (C=O) groups excluding carboxylic acids is 2. The summed E-state index contributed by atoms with van der Waals surface area (Å²) in [4.78, 5) is 25.9. The fourth-order valence-corrected chi connectivity index (χ4v) is 2.83. The Balaban J connectivity index is 2.23. The molecule has 0 saturated carbocycles. The lowest BCUT2D eigenvalue weighted by molar-refractivity contribution is -0.124. The summed E-state index contributed by atoms with van der Waals surface area (Å²) in [7, 11) is 0. The number of aromatic nitrogens is 2. The molecule has 0 aromatic carbocycles. The van der Waals surface area contributed by atoms with Crippen LogP contribution in [0.1, 0.15) is 35.1 Å². The summed E-state index contributed by atoms with van der Waals surface area (Å²) in [5, 5.41) is 3.82. The van der Waals surface area contributed by atoms with E-state index in [4.69, 9.17) is 5.73 Å². The third kappa shape index (κ3) is 2.35. The lowest BCUT2D eigenvalue weighted by Gasteiger charge is -2.36. The van der Waals surface area contributed by atoms with E-state index in [0.717, 1.165) is 18.0 Å². The zero-order chi connectivity index (χ0) is 13.3. The molecule has 2 N–H and O–H groups in total. The molecule has 6 nitrogen and oxygen atoms in total. The maximum Gasteiger partial charge on any atom is 0.268 e. The summed E-state index contributed by atoms with van der Waals surface area (Å²) in [6, 6.07) is -0.511. The second-order valence-electron chi connectivity index (χ2n) is 4.73. The van der Waals surface area contributed by atoms with Crippen molar-refractivity contribution < 1.29 is 9.59 Å². The van der Waals surface area contributed by atoms with Crippen LogP contribution in [-0.4, -0.2) is 38.9 Å². The number of carbonyl (C=O) groups is 2. The minimum Gasteiger partial charge on any atom is -0.368 e. The van der Waals surface area contributed by atoms with E-state index in [9.17, 15) is 9.59 Å². The Bertz CT molecular complexity index is 473. The summed E-state index contributed by atoms with van der Waals surface area (Å²) in [5.41, 5.74) is 5.99. The van der Waals surface area contributed by atoms with Crippen molar-refractivity contribution in [3.05, 3.63) is 10.6 Å². The summed E-state index contributed by atoms with van der Waals surface area (Å²) < 4.78 is 3.75. The maximum absolute atomic E-state index is 12.4. The molecule has 2 amide bonds. The average Bonchev–Trinajstić information content (AvgIpc) is 2.74. The number of amides is 2. The van der Waals surface area contributed by atoms with Crippen LogP contribution in [0.3, 0.4) is 0 Å². The Morgan fingerprint density at radius 1 is 1.50 bits per heavy atom. The van der Waals surface area contributed by atoms with Gasteiger partial charge >= 0.3 is 0 Å². The highest BCUT2D eigenvalue weighted by atomic mass is 32.1. The molecule has 1 fully saturated rings. The van der Waals surface area contributed by atoms with Gasteiger partial charge in [0.05, 0.1) is 5.69 Å².